The molecule has 4 aromatic rings. The summed E-state index contributed by atoms with van der Waals surface area (Å²) < 4.78 is 0. The van der Waals surface area contributed by atoms with E-state index in [4.69, 9.17) is 21.7 Å². The lowest BCUT2D eigenvalue weighted by atomic mass is 10.1. The third-order valence-corrected chi connectivity index (χ3v) is 4.58. The Kier molecular flexibility index (Phi) is 10.2. The first kappa shape index (κ1) is 25.5. The summed E-state index contributed by atoms with van der Waals surface area (Å²) >= 11 is 0. The van der Waals surface area contributed by atoms with E-state index in [9.17, 15) is 9.59 Å². The first-order chi connectivity index (χ1) is 16.4. The van der Waals surface area contributed by atoms with E-state index in [2.05, 4.69) is 34.2 Å². The Labute approximate surface area is 197 Å². The minimum Gasteiger partial charge on any atom is -0.478 e. The first-order valence-corrected chi connectivity index (χ1v) is 10.3. The molecule has 2 aromatic carbocycles. The number of hydrogen-bond acceptors (Lipinski definition) is 6. The van der Waals surface area contributed by atoms with Gasteiger partial charge in [0, 0.05) is 36.2 Å². The minimum absolute atomic E-state index is 0.155. The van der Waals surface area contributed by atoms with Crippen LogP contribution in [0, 0.1) is 0 Å². The van der Waals surface area contributed by atoms with Crippen LogP contribution in [-0.4, -0.2) is 32.1 Å². The van der Waals surface area contributed by atoms with E-state index in [1.54, 1.807) is 36.4 Å². The Hall–Kier alpha value is -4.72. The van der Waals surface area contributed by atoms with Crippen LogP contribution in [-0.2, 0) is 12.8 Å². The molecular weight excluding hydrogens is 432 g/mol. The van der Waals surface area contributed by atoms with E-state index < -0.39 is 11.9 Å². The summed E-state index contributed by atoms with van der Waals surface area (Å²) in [5.74, 6) is -1.98. The summed E-state index contributed by atoms with van der Waals surface area (Å²) in [5, 5.41) is 17.0. The van der Waals surface area contributed by atoms with E-state index in [0.717, 1.165) is 12.8 Å². The van der Waals surface area contributed by atoms with E-state index in [1.165, 1.54) is 23.3 Å². The maximum Gasteiger partial charge on any atom is 0.337 e. The smallest absolute Gasteiger partial charge is 0.337 e. The molecule has 0 unspecified atom stereocenters. The first-order valence-electron chi connectivity index (χ1n) is 10.3. The lowest BCUT2D eigenvalue weighted by molar-refractivity contribution is 0.0687. The average molecular weight is 459 g/mol. The summed E-state index contributed by atoms with van der Waals surface area (Å²) in [7, 11) is 0. The molecule has 0 radical (unpaired) electrons. The molecule has 0 aliphatic carbocycles. The largest absolute Gasteiger partial charge is 0.478 e. The summed E-state index contributed by atoms with van der Waals surface area (Å²) in [5.41, 5.74) is 14.3. The Bertz CT molecular complexity index is 1090. The van der Waals surface area contributed by atoms with Gasteiger partial charge in [-0.1, -0.05) is 24.3 Å². The highest BCUT2D eigenvalue weighted by atomic mass is 16.4. The normalized spacial score (nSPS) is 9.53. The minimum atomic E-state index is -0.988. The molecule has 0 saturated heterocycles. The second-order valence-corrected chi connectivity index (χ2v) is 7.00. The second kappa shape index (κ2) is 13.6. The molecule has 0 bridgehead atoms. The van der Waals surface area contributed by atoms with Crippen LogP contribution >= 0.6 is 0 Å². The highest BCUT2D eigenvalue weighted by molar-refractivity contribution is 5.93. The molecule has 174 valence electrons. The van der Waals surface area contributed by atoms with Gasteiger partial charge in [-0.2, -0.15) is 0 Å². The fourth-order valence-electron chi connectivity index (χ4n) is 2.77. The molecule has 6 N–H and O–H groups in total. The van der Waals surface area contributed by atoms with E-state index in [-0.39, 0.29) is 11.1 Å². The topological polar surface area (TPSA) is 152 Å². The number of aromatic nitrogens is 2. The average Bonchev–Trinajstić information content (AvgIpc) is 2.85. The van der Waals surface area contributed by atoms with Crippen LogP contribution in [0.3, 0.4) is 0 Å². The highest BCUT2D eigenvalue weighted by Gasteiger charge is 2.04. The van der Waals surface area contributed by atoms with Gasteiger partial charge in [0.05, 0.1) is 11.1 Å². The van der Waals surface area contributed by atoms with Crippen LogP contribution in [0.1, 0.15) is 31.8 Å². The Morgan fingerprint density at radius 3 is 1.18 bits per heavy atom. The van der Waals surface area contributed by atoms with Crippen LogP contribution in [0.5, 0.6) is 0 Å². The zero-order valence-electron chi connectivity index (χ0n) is 18.4. The van der Waals surface area contributed by atoms with Crippen molar-refractivity contribution in [3.05, 3.63) is 120 Å². The summed E-state index contributed by atoms with van der Waals surface area (Å²) in [6, 6.07) is 21.0. The Morgan fingerprint density at radius 2 is 0.912 bits per heavy atom. The number of hydrogen-bond donors (Lipinski definition) is 4. The number of para-hydroxylation sites is 2. The zero-order valence-corrected chi connectivity index (χ0v) is 18.4. The van der Waals surface area contributed by atoms with Crippen molar-refractivity contribution in [2.75, 3.05) is 11.5 Å². The van der Waals surface area contributed by atoms with E-state index in [1.807, 2.05) is 24.8 Å². The van der Waals surface area contributed by atoms with Crippen molar-refractivity contribution in [3.8, 4) is 0 Å². The Balaban J connectivity index is 0.000000185. The third kappa shape index (κ3) is 8.80. The van der Waals surface area contributed by atoms with Crippen LogP contribution in [0.15, 0.2) is 97.6 Å². The number of carboxylic acids is 2. The molecule has 2 aromatic heterocycles. The van der Waals surface area contributed by atoms with Gasteiger partial charge in [-0.15, -0.1) is 0 Å². The highest BCUT2D eigenvalue weighted by Crippen LogP contribution is 2.10. The lowest BCUT2D eigenvalue weighted by Gasteiger charge is -2.00. The summed E-state index contributed by atoms with van der Waals surface area (Å²) in [6.45, 7) is 0. The molecular formula is C26H26N4O4. The van der Waals surface area contributed by atoms with Crippen molar-refractivity contribution in [2.45, 2.75) is 12.8 Å². The van der Waals surface area contributed by atoms with Crippen molar-refractivity contribution < 1.29 is 19.8 Å². The number of carbonyl (C=O) groups is 2. The van der Waals surface area contributed by atoms with Gasteiger partial charge in [0.15, 0.2) is 0 Å². The Morgan fingerprint density at radius 1 is 0.588 bits per heavy atom. The monoisotopic (exact) mass is 458 g/mol. The molecule has 0 atom stereocenters. The summed E-state index contributed by atoms with van der Waals surface area (Å²) in [6.07, 6.45) is 9.46. The molecule has 0 amide bonds. The van der Waals surface area contributed by atoms with Crippen molar-refractivity contribution in [1.29, 1.82) is 0 Å². The standard InChI is InChI=1S/C12H12N2.2C7H7NO2/c1(11-3-7-13-8-4-11)2-12-5-9-14-10-6-12;2*8-6-4-2-1-3-5(6)7(9)10/h3-10H,1-2H2;2*1-4H,8H2,(H,9,10). The number of carboxylic acid groups (broad SMARTS) is 2. The van der Waals surface area contributed by atoms with Gasteiger partial charge in [-0.25, -0.2) is 9.59 Å². The van der Waals surface area contributed by atoms with Crippen molar-refractivity contribution in [2.24, 2.45) is 0 Å². The number of aryl methyl sites for hydroxylation is 2. The number of rotatable bonds is 5. The van der Waals surface area contributed by atoms with Gasteiger partial charge in [0.2, 0.25) is 0 Å². The van der Waals surface area contributed by atoms with Gasteiger partial charge in [0.25, 0.3) is 0 Å². The predicted molar refractivity (Wildman–Crippen MR) is 132 cm³/mol. The van der Waals surface area contributed by atoms with E-state index >= 15 is 0 Å². The van der Waals surface area contributed by atoms with Crippen LogP contribution in [0.4, 0.5) is 11.4 Å². The van der Waals surface area contributed by atoms with Gasteiger partial charge in [-0.05, 0) is 72.5 Å². The van der Waals surface area contributed by atoms with Gasteiger partial charge < -0.3 is 21.7 Å². The van der Waals surface area contributed by atoms with Crippen LogP contribution < -0.4 is 11.5 Å². The SMILES string of the molecule is Nc1ccccc1C(=O)O.Nc1ccccc1C(=O)O.c1cc(CCc2ccncc2)ccn1. The quantitative estimate of drug-likeness (QED) is 0.325. The lowest BCUT2D eigenvalue weighted by Crippen LogP contribution is -2.00. The molecule has 0 aliphatic heterocycles. The van der Waals surface area contributed by atoms with E-state index in [0.29, 0.717) is 11.4 Å². The maximum absolute atomic E-state index is 10.3. The molecule has 8 heteroatoms. The van der Waals surface area contributed by atoms with Crippen LogP contribution in [0.25, 0.3) is 0 Å². The van der Waals surface area contributed by atoms with Gasteiger partial charge in [-0.3, -0.25) is 9.97 Å². The maximum atomic E-state index is 10.3. The van der Waals surface area contributed by atoms with Crippen LogP contribution in [0.2, 0.25) is 0 Å². The van der Waals surface area contributed by atoms with Crippen molar-refractivity contribution >= 4 is 23.3 Å². The number of nitrogen functional groups attached to an aromatic ring is 2. The van der Waals surface area contributed by atoms with Gasteiger partial charge >= 0.3 is 11.9 Å². The fraction of sp³-hybridized carbons (Fsp3) is 0.0769. The predicted octanol–water partition coefficient (Wildman–Crippen LogP) is 4.20. The molecule has 0 spiro atoms. The van der Waals surface area contributed by atoms with Crippen molar-refractivity contribution in [1.82, 2.24) is 9.97 Å². The molecule has 4 rings (SSSR count). The molecule has 2 heterocycles. The molecule has 0 fully saturated rings. The molecule has 0 saturated carbocycles. The number of pyridine rings is 2. The summed E-state index contributed by atoms with van der Waals surface area (Å²) in [4.78, 5) is 28.7. The van der Waals surface area contributed by atoms with Gasteiger partial charge in [0.1, 0.15) is 0 Å². The number of anilines is 2. The second-order valence-electron chi connectivity index (χ2n) is 7.00. The zero-order chi connectivity index (χ0) is 24.8. The number of benzene rings is 2. The number of nitrogens with zero attached hydrogens (tertiary/aromatic N) is 2. The molecule has 0 aliphatic rings. The van der Waals surface area contributed by atoms with Crippen molar-refractivity contribution in [3.63, 3.8) is 0 Å². The number of aromatic carboxylic acids is 2. The number of nitrogens with two attached hydrogens (primary N) is 2. The third-order valence-electron chi connectivity index (χ3n) is 4.58. The molecule has 8 nitrogen and oxygen atoms in total. The molecule has 34 heavy (non-hydrogen) atoms. The fourth-order valence-corrected chi connectivity index (χ4v) is 2.77.